The van der Waals surface area contributed by atoms with E-state index in [4.69, 9.17) is 11.6 Å². The number of benzene rings is 2. The van der Waals surface area contributed by atoms with Gasteiger partial charge in [0.15, 0.2) is 0 Å². The summed E-state index contributed by atoms with van der Waals surface area (Å²) in [6, 6.07) is 8.51. The topological polar surface area (TPSA) is 81.8 Å². The van der Waals surface area contributed by atoms with Crippen LogP contribution in [0.25, 0.3) is 22.6 Å². The molecule has 2 aromatic heterocycles. The molecule has 0 bridgehead atoms. The van der Waals surface area contributed by atoms with E-state index in [1.807, 2.05) is 0 Å². The van der Waals surface area contributed by atoms with Gasteiger partial charge < -0.3 is 5.11 Å². The fraction of sp³-hybridized carbons (Fsp3) is 0.0526. The predicted octanol–water partition coefficient (Wildman–Crippen LogP) is 5.28. The monoisotopic (exact) mass is 437 g/mol. The lowest BCUT2D eigenvalue weighted by Gasteiger charge is -2.13. The van der Waals surface area contributed by atoms with Gasteiger partial charge in [0, 0.05) is 16.0 Å². The van der Waals surface area contributed by atoms with Gasteiger partial charge in [-0.25, -0.2) is 0 Å². The molecule has 0 atom stereocenters. The Bertz CT molecular complexity index is 1300. The van der Waals surface area contributed by atoms with E-state index in [0.29, 0.717) is 16.9 Å². The van der Waals surface area contributed by atoms with Gasteiger partial charge in [-0.2, -0.15) is 18.3 Å². The third kappa shape index (κ3) is 3.79. The molecule has 0 amide bonds. The van der Waals surface area contributed by atoms with Crippen molar-refractivity contribution in [3.05, 3.63) is 78.9 Å². The average molecular weight is 438 g/mol. The second kappa shape index (κ2) is 7.09. The van der Waals surface area contributed by atoms with E-state index < -0.39 is 22.5 Å². The van der Waals surface area contributed by atoms with Gasteiger partial charge in [-0.1, -0.05) is 35.1 Å². The van der Waals surface area contributed by atoms with E-state index in [1.54, 1.807) is 24.4 Å². The molecule has 2 aromatic carbocycles. The van der Waals surface area contributed by atoms with E-state index in [9.17, 15) is 23.1 Å². The minimum atomic E-state index is -4.64. The van der Waals surface area contributed by atoms with Crippen LogP contribution in [0.5, 0.6) is 5.88 Å². The maximum absolute atomic E-state index is 13.5. The van der Waals surface area contributed by atoms with Crippen LogP contribution in [0.4, 0.5) is 13.2 Å². The molecule has 0 aliphatic carbocycles. The van der Waals surface area contributed by atoms with Crippen LogP contribution in [0.2, 0.25) is 5.02 Å². The lowest BCUT2D eigenvalue weighted by Crippen LogP contribution is -2.07. The zero-order valence-corrected chi connectivity index (χ0v) is 15.9. The molecule has 0 radical (unpaired) electrons. The van der Waals surface area contributed by atoms with Gasteiger partial charge in [-0.3, -0.25) is 14.9 Å². The molecule has 0 unspecified atom stereocenters. The summed E-state index contributed by atoms with van der Waals surface area (Å²) in [7, 11) is 0. The summed E-state index contributed by atoms with van der Waals surface area (Å²) in [5, 5.41) is 17.5. The Labute approximate surface area is 170 Å². The first-order chi connectivity index (χ1) is 13.7. The molecule has 5 nitrogen and oxygen atoms in total. The number of nitrogens with zero attached hydrogens (tertiary/aromatic N) is 1. The van der Waals surface area contributed by atoms with Crippen LogP contribution in [-0.2, 0) is 6.18 Å². The molecule has 148 valence electrons. The van der Waals surface area contributed by atoms with Gasteiger partial charge in [-0.05, 0) is 41.5 Å². The van der Waals surface area contributed by atoms with Crippen LogP contribution in [-0.4, -0.2) is 20.3 Å². The first-order valence-electron chi connectivity index (χ1n) is 8.17. The average Bonchev–Trinajstić information content (AvgIpc) is 3.25. The summed E-state index contributed by atoms with van der Waals surface area (Å²) in [5.74, 6) is -0.416. The number of nitrogens with one attached hydrogen (secondary N) is 2. The summed E-state index contributed by atoms with van der Waals surface area (Å²) in [4.78, 5) is 13.5. The van der Waals surface area contributed by atoms with Crippen molar-refractivity contribution in [1.29, 1.82) is 0 Å². The number of hydrogen-bond donors (Lipinski definition) is 3. The molecule has 0 saturated heterocycles. The molecule has 3 N–H and O–H groups in total. The lowest BCUT2D eigenvalue weighted by molar-refractivity contribution is -0.137. The number of aromatic amines is 2. The molecule has 0 fully saturated rings. The minimum Gasteiger partial charge on any atom is -0.493 e. The third-order valence-electron chi connectivity index (χ3n) is 4.25. The number of hydrogen-bond acceptors (Lipinski definition) is 4. The smallest absolute Gasteiger partial charge is 0.417 e. The first-order valence-corrected chi connectivity index (χ1v) is 9.36. The maximum atomic E-state index is 13.5. The van der Waals surface area contributed by atoms with Crippen molar-refractivity contribution in [1.82, 2.24) is 15.2 Å². The Morgan fingerprint density at radius 2 is 2.00 bits per heavy atom. The molecule has 0 aliphatic heterocycles. The van der Waals surface area contributed by atoms with E-state index in [1.165, 1.54) is 18.2 Å². The van der Waals surface area contributed by atoms with E-state index in [2.05, 4.69) is 15.2 Å². The quantitative estimate of drug-likeness (QED) is 0.381. The second-order valence-corrected chi connectivity index (χ2v) is 7.57. The highest BCUT2D eigenvalue weighted by molar-refractivity contribution is 7.10. The standard InChI is InChI=1S/C19H11ClF3N3O2S/c20-12-3-1-10(14(7-12)19(21,22)23)6-13(16-17(27)25-18(28)29-16)9-2-4-15-11(5-9)8-24-26-15/h1-8,27H,(H,24,26)(H,25,28). The van der Waals surface area contributed by atoms with E-state index >= 15 is 0 Å². The van der Waals surface area contributed by atoms with Gasteiger partial charge in [-0.15, -0.1) is 0 Å². The molecule has 10 heteroatoms. The molecule has 2 heterocycles. The summed E-state index contributed by atoms with van der Waals surface area (Å²) in [6.45, 7) is 0. The van der Waals surface area contributed by atoms with Crippen molar-refractivity contribution in [2.75, 3.05) is 0 Å². The van der Waals surface area contributed by atoms with Gasteiger partial charge in [0.05, 0.1) is 17.3 Å². The molecular weight excluding hydrogens is 427 g/mol. The Morgan fingerprint density at radius 1 is 1.21 bits per heavy atom. The SMILES string of the molecule is O=c1[nH]c(O)c(C(=Cc2ccc(Cl)cc2C(F)(F)F)c2ccc3[nH]ncc3c2)s1. The van der Waals surface area contributed by atoms with Crippen LogP contribution in [0, 0.1) is 0 Å². The second-order valence-electron chi connectivity index (χ2n) is 6.15. The van der Waals surface area contributed by atoms with E-state index in [0.717, 1.165) is 17.0 Å². The minimum absolute atomic E-state index is 0.0509. The summed E-state index contributed by atoms with van der Waals surface area (Å²) in [6.07, 6.45) is -1.79. The molecule has 29 heavy (non-hydrogen) atoms. The largest absolute Gasteiger partial charge is 0.493 e. The lowest BCUT2D eigenvalue weighted by atomic mass is 9.98. The molecule has 0 spiro atoms. The van der Waals surface area contributed by atoms with Gasteiger partial charge in [0.2, 0.25) is 5.88 Å². The summed E-state index contributed by atoms with van der Waals surface area (Å²) in [5.41, 5.74) is 0.426. The van der Waals surface area contributed by atoms with E-state index in [-0.39, 0.29) is 21.0 Å². The van der Waals surface area contributed by atoms with Crippen LogP contribution >= 0.6 is 22.9 Å². The summed E-state index contributed by atoms with van der Waals surface area (Å²) >= 11 is 6.46. The van der Waals surface area contributed by atoms with Gasteiger partial charge in [0.1, 0.15) is 4.88 Å². The van der Waals surface area contributed by atoms with Crippen molar-refractivity contribution in [3.63, 3.8) is 0 Å². The normalized spacial score (nSPS) is 12.6. The Morgan fingerprint density at radius 3 is 2.69 bits per heavy atom. The van der Waals surface area contributed by atoms with Crippen LogP contribution in [0.1, 0.15) is 21.6 Å². The summed E-state index contributed by atoms with van der Waals surface area (Å²) < 4.78 is 40.6. The van der Waals surface area contributed by atoms with Crippen molar-refractivity contribution in [2.24, 2.45) is 0 Å². The number of halogens is 4. The number of fused-ring (bicyclic) bond motifs is 1. The fourth-order valence-corrected chi connectivity index (χ4v) is 3.89. The zero-order valence-electron chi connectivity index (χ0n) is 14.3. The number of aromatic nitrogens is 3. The first kappa shape index (κ1) is 19.3. The van der Waals surface area contributed by atoms with Crippen LogP contribution in [0.3, 0.4) is 0 Å². The molecular formula is C19H11ClF3N3O2S. The number of alkyl halides is 3. The third-order valence-corrected chi connectivity index (χ3v) is 5.39. The van der Waals surface area contributed by atoms with Gasteiger partial charge in [0.25, 0.3) is 0 Å². The predicted molar refractivity (Wildman–Crippen MR) is 106 cm³/mol. The number of aromatic hydroxyl groups is 1. The molecule has 0 saturated carbocycles. The number of rotatable bonds is 3. The van der Waals surface area contributed by atoms with Crippen molar-refractivity contribution in [3.8, 4) is 5.88 Å². The molecule has 4 rings (SSSR count). The van der Waals surface area contributed by atoms with Crippen molar-refractivity contribution in [2.45, 2.75) is 6.18 Å². The Kier molecular flexibility index (Phi) is 4.71. The zero-order chi connectivity index (χ0) is 20.8. The van der Waals surface area contributed by atoms with Crippen molar-refractivity contribution >= 4 is 45.5 Å². The molecule has 4 aromatic rings. The highest BCUT2D eigenvalue weighted by Crippen LogP contribution is 2.38. The van der Waals surface area contributed by atoms with Crippen LogP contribution in [0.15, 0.2) is 47.4 Å². The Balaban J connectivity index is 1.99. The Hall–Kier alpha value is -3.04. The highest BCUT2D eigenvalue weighted by Gasteiger charge is 2.33. The number of H-pyrrole nitrogens is 2. The van der Waals surface area contributed by atoms with Gasteiger partial charge >= 0.3 is 11.0 Å². The van der Waals surface area contributed by atoms with Crippen LogP contribution < -0.4 is 4.87 Å². The number of thiazole rings is 1. The molecule has 0 aliphatic rings. The fourth-order valence-electron chi connectivity index (χ4n) is 2.95. The van der Waals surface area contributed by atoms with Crippen molar-refractivity contribution < 1.29 is 18.3 Å². The maximum Gasteiger partial charge on any atom is 0.417 e. The highest BCUT2D eigenvalue weighted by atomic mass is 35.5.